The molecule has 0 bridgehead atoms. The van der Waals surface area contributed by atoms with Gasteiger partial charge in [0.05, 0.1) is 23.2 Å². The molecule has 0 radical (unpaired) electrons. The molecule has 26 heavy (non-hydrogen) atoms. The molecule has 142 valence electrons. The molecule has 10 heteroatoms. The fourth-order valence-corrected chi connectivity index (χ4v) is 3.24. The van der Waals surface area contributed by atoms with E-state index in [0.29, 0.717) is 12.2 Å². The molecule has 2 N–H and O–H groups in total. The summed E-state index contributed by atoms with van der Waals surface area (Å²) in [6.07, 6.45) is 2.74. The lowest BCUT2D eigenvalue weighted by molar-refractivity contribution is 0.102. The summed E-state index contributed by atoms with van der Waals surface area (Å²) in [4.78, 5) is 12.5. The number of unbranched alkanes of at least 4 members (excludes halogenated alkanes) is 1. The minimum atomic E-state index is -3.65. The zero-order valence-electron chi connectivity index (χ0n) is 14.6. The number of amides is 1. The Morgan fingerprint density at radius 3 is 2.69 bits per heavy atom. The topological polar surface area (TPSA) is 93.1 Å². The molecule has 0 fully saturated rings. The molecule has 2 rings (SSSR count). The number of carbonyl (C=O) groups is 1. The SMILES string of the molecule is CCCCn1nc(C)c(C(=O)Nc2ccc(F)c(NS(C)(=O)=O)c2)c1Cl. The Balaban J connectivity index is 2.25. The predicted octanol–water partition coefficient (Wildman–Crippen LogP) is 3.41. The van der Waals surface area contributed by atoms with Gasteiger partial charge in [-0.3, -0.25) is 14.2 Å². The van der Waals surface area contributed by atoms with Crippen LogP contribution in [0.15, 0.2) is 18.2 Å². The van der Waals surface area contributed by atoms with Crippen molar-refractivity contribution in [1.82, 2.24) is 9.78 Å². The average Bonchev–Trinajstić information content (AvgIpc) is 2.81. The molecule has 0 aliphatic heterocycles. The molecule has 1 heterocycles. The van der Waals surface area contributed by atoms with Crippen LogP contribution in [0.25, 0.3) is 0 Å². The first kappa shape index (κ1) is 20.2. The Kier molecular flexibility index (Phi) is 6.25. The van der Waals surface area contributed by atoms with Crippen LogP contribution in [-0.2, 0) is 16.6 Å². The molecule has 0 unspecified atom stereocenters. The number of nitrogens with one attached hydrogen (secondary N) is 2. The monoisotopic (exact) mass is 402 g/mol. The molecule has 2 aromatic rings. The fourth-order valence-electron chi connectivity index (χ4n) is 2.34. The van der Waals surface area contributed by atoms with Gasteiger partial charge in [0.15, 0.2) is 0 Å². The number of anilines is 2. The molecule has 7 nitrogen and oxygen atoms in total. The van der Waals surface area contributed by atoms with Crippen LogP contribution in [-0.4, -0.2) is 30.4 Å². The number of sulfonamides is 1. The lowest BCUT2D eigenvalue weighted by Gasteiger charge is -2.09. The number of aromatic nitrogens is 2. The Bertz CT molecular complexity index is 928. The molecule has 0 aliphatic carbocycles. The number of halogens is 2. The van der Waals surface area contributed by atoms with Crippen LogP contribution in [0.5, 0.6) is 0 Å². The summed E-state index contributed by atoms with van der Waals surface area (Å²) < 4.78 is 39.9. The van der Waals surface area contributed by atoms with E-state index in [1.54, 1.807) is 11.6 Å². The smallest absolute Gasteiger partial charge is 0.260 e. The van der Waals surface area contributed by atoms with E-state index in [1.807, 2.05) is 6.92 Å². The standard InChI is InChI=1S/C16H20ClFN4O3S/c1-4-5-8-22-15(17)14(10(2)20-22)16(23)19-11-6-7-12(18)13(9-11)21-26(3,24)25/h6-7,9,21H,4-5,8H2,1-3H3,(H,19,23). The average molecular weight is 403 g/mol. The van der Waals surface area contributed by atoms with Gasteiger partial charge in [-0.1, -0.05) is 24.9 Å². The summed E-state index contributed by atoms with van der Waals surface area (Å²) >= 11 is 6.26. The quantitative estimate of drug-likeness (QED) is 0.742. The summed E-state index contributed by atoms with van der Waals surface area (Å²) in [5.74, 6) is -1.26. The minimum absolute atomic E-state index is 0.222. The van der Waals surface area contributed by atoms with E-state index in [2.05, 4.69) is 15.1 Å². The van der Waals surface area contributed by atoms with E-state index in [-0.39, 0.29) is 22.1 Å². The van der Waals surface area contributed by atoms with E-state index in [0.717, 1.165) is 25.2 Å². The second-order valence-electron chi connectivity index (χ2n) is 5.85. The summed E-state index contributed by atoms with van der Waals surface area (Å²) in [5, 5.41) is 7.07. The molecule has 0 spiro atoms. The Labute approximate surface area is 156 Å². The number of nitrogens with zero attached hydrogens (tertiary/aromatic N) is 2. The zero-order chi connectivity index (χ0) is 19.5. The first-order valence-corrected chi connectivity index (χ1v) is 10.2. The molecule has 1 aromatic carbocycles. The third-order valence-electron chi connectivity index (χ3n) is 3.54. The summed E-state index contributed by atoms with van der Waals surface area (Å²) in [6.45, 7) is 4.31. The van der Waals surface area contributed by atoms with E-state index >= 15 is 0 Å². The molecule has 0 saturated carbocycles. The van der Waals surface area contributed by atoms with Gasteiger partial charge >= 0.3 is 0 Å². The number of benzene rings is 1. The highest BCUT2D eigenvalue weighted by atomic mass is 35.5. The number of hydrogen-bond donors (Lipinski definition) is 2. The highest BCUT2D eigenvalue weighted by Crippen LogP contribution is 2.24. The maximum absolute atomic E-state index is 13.7. The second-order valence-corrected chi connectivity index (χ2v) is 7.96. The van der Waals surface area contributed by atoms with Crippen LogP contribution >= 0.6 is 11.6 Å². The van der Waals surface area contributed by atoms with Gasteiger partial charge in [-0.15, -0.1) is 0 Å². The van der Waals surface area contributed by atoms with Crippen molar-refractivity contribution in [2.75, 3.05) is 16.3 Å². The van der Waals surface area contributed by atoms with Gasteiger partial charge in [0.1, 0.15) is 11.0 Å². The number of rotatable bonds is 7. The molecule has 0 atom stereocenters. The van der Waals surface area contributed by atoms with Crippen LogP contribution < -0.4 is 10.0 Å². The number of aryl methyl sites for hydroxylation is 2. The number of hydrogen-bond acceptors (Lipinski definition) is 4. The lowest BCUT2D eigenvalue weighted by atomic mass is 10.2. The van der Waals surface area contributed by atoms with Crippen molar-refractivity contribution in [3.8, 4) is 0 Å². The van der Waals surface area contributed by atoms with Crippen molar-refractivity contribution in [2.24, 2.45) is 0 Å². The zero-order valence-corrected chi connectivity index (χ0v) is 16.2. The van der Waals surface area contributed by atoms with Gasteiger partial charge in [-0.2, -0.15) is 5.10 Å². The van der Waals surface area contributed by atoms with E-state index in [4.69, 9.17) is 11.6 Å². The maximum Gasteiger partial charge on any atom is 0.260 e. The molecule has 1 amide bonds. The van der Waals surface area contributed by atoms with Crippen molar-refractivity contribution in [3.05, 3.63) is 40.4 Å². The van der Waals surface area contributed by atoms with Crippen LogP contribution in [0, 0.1) is 12.7 Å². The number of carbonyl (C=O) groups excluding carboxylic acids is 1. The van der Waals surface area contributed by atoms with E-state index < -0.39 is 21.7 Å². The van der Waals surface area contributed by atoms with Gasteiger partial charge in [0.25, 0.3) is 5.91 Å². The van der Waals surface area contributed by atoms with Crippen molar-refractivity contribution in [2.45, 2.75) is 33.2 Å². The van der Waals surface area contributed by atoms with Gasteiger partial charge in [0.2, 0.25) is 10.0 Å². The first-order chi connectivity index (χ1) is 12.1. The summed E-state index contributed by atoms with van der Waals surface area (Å²) in [7, 11) is -3.65. The van der Waals surface area contributed by atoms with Crippen LogP contribution in [0.1, 0.15) is 35.8 Å². The summed E-state index contributed by atoms with van der Waals surface area (Å²) in [5.41, 5.74) is 0.663. The van der Waals surface area contributed by atoms with Gasteiger partial charge in [0, 0.05) is 12.2 Å². The fraction of sp³-hybridized carbons (Fsp3) is 0.375. The molecule has 0 saturated heterocycles. The van der Waals surface area contributed by atoms with Crippen LogP contribution in [0.4, 0.5) is 15.8 Å². The minimum Gasteiger partial charge on any atom is -0.322 e. The third kappa shape index (κ3) is 4.95. The van der Waals surface area contributed by atoms with E-state index in [1.165, 1.54) is 12.1 Å². The maximum atomic E-state index is 13.7. The third-order valence-corrected chi connectivity index (χ3v) is 4.51. The van der Waals surface area contributed by atoms with Crippen LogP contribution in [0.2, 0.25) is 5.15 Å². The molecular formula is C16H20ClFN4O3S. The first-order valence-electron chi connectivity index (χ1n) is 7.94. The van der Waals surface area contributed by atoms with Crippen LogP contribution in [0.3, 0.4) is 0 Å². The highest BCUT2D eigenvalue weighted by Gasteiger charge is 2.20. The normalized spacial score (nSPS) is 11.4. The lowest BCUT2D eigenvalue weighted by Crippen LogP contribution is -2.15. The van der Waals surface area contributed by atoms with Gasteiger partial charge < -0.3 is 5.32 Å². The molecule has 1 aromatic heterocycles. The van der Waals surface area contributed by atoms with Crippen molar-refractivity contribution < 1.29 is 17.6 Å². The highest BCUT2D eigenvalue weighted by molar-refractivity contribution is 7.92. The summed E-state index contributed by atoms with van der Waals surface area (Å²) in [6, 6.07) is 3.58. The van der Waals surface area contributed by atoms with E-state index in [9.17, 15) is 17.6 Å². The van der Waals surface area contributed by atoms with Crippen molar-refractivity contribution >= 4 is 38.9 Å². The Morgan fingerprint density at radius 2 is 2.08 bits per heavy atom. The van der Waals surface area contributed by atoms with Crippen molar-refractivity contribution in [1.29, 1.82) is 0 Å². The largest absolute Gasteiger partial charge is 0.322 e. The Morgan fingerprint density at radius 1 is 1.38 bits per heavy atom. The van der Waals surface area contributed by atoms with Crippen molar-refractivity contribution in [3.63, 3.8) is 0 Å². The molecular weight excluding hydrogens is 383 g/mol. The molecule has 0 aliphatic rings. The van der Waals surface area contributed by atoms with Gasteiger partial charge in [-0.05, 0) is 31.5 Å². The second kappa shape index (κ2) is 8.05. The van der Waals surface area contributed by atoms with Gasteiger partial charge in [-0.25, -0.2) is 12.8 Å². The Hall–Kier alpha value is -2.13. The predicted molar refractivity (Wildman–Crippen MR) is 99.7 cm³/mol.